The van der Waals surface area contributed by atoms with Crippen molar-refractivity contribution in [3.05, 3.63) is 47.7 Å². The summed E-state index contributed by atoms with van der Waals surface area (Å²) in [5.74, 6) is 11.7. The molecule has 38 nitrogen and oxygen atoms in total. The number of carboxylic acid groups (broad SMARTS) is 1. The van der Waals surface area contributed by atoms with E-state index < -0.39 is 63.9 Å². The number of hydroxylamine groups is 4. The SMILES string of the molecule is C.CC(C)(C)OC(=O)N(CC(=O)NN)C1CCC1.CCOC(=O)CBr.CCOC(=O)CN(C(=O)OC(C)(C)C)C1CCC1.CCOC(=O)CNC1CCC1.NC1CCC1.NN.O.O=C(O)[C@@H]1CC[C@@H]2CN1C(=O)N2OCc1ccccc1.O=C1N2C[C@@H](CC[C@H]2c2nnc(CNC3CNC3)o2)N1OS(=O)(=O)O. The maximum Gasteiger partial charge on any atom is 0.418 e. The molecule has 1 aromatic heterocycles. The summed E-state index contributed by atoms with van der Waals surface area (Å²) < 4.78 is 65.4. The number of carbonyl (C=O) groups is 9. The fourth-order valence-electron chi connectivity index (χ4n) is 11.0. The lowest BCUT2D eigenvalue weighted by Gasteiger charge is -2.37. The highest BCUT2D eigenvalue weighted by molar-refractivity contribution is 9.09. The van der Waals surface area contributed by atoms with Crippen LogP contribution >= 0.6 is 15.9 Å². The highest BCUT2D eigenvalue weighted by Crippen LogP contribution is 2.39. The summed E-state index contributed by atoms with van der Waals surface area (Å²) in [5, 5.41) is 29.0. The number of carboxylic acids is 1. The maximum atomic E-state index is 12.4. The van der Waals surface area contributed by atoms with Crippen LogP contribution in [0.15, 0.2) is 34.7 Å². The summed E-state index contributed by atoms with van der Waals surface area (Å²) in [5.41, 5.74) is 7.28. The number of amides is 7. The lowest BCUT2D eigenvalue weighted by molar-refractivity contribution is -0.145. The molecule has 6 heterocycles. The van der Waals surface area contributed by atoms with Crippen molar-refractivity contribution in [1.29, 1.82) is 0 Å². The number of hydrogen-bond acceptors (Lipinski definition) is 28. The first-order valence-corrected chi connectivity index (χ1v) is 38.1. The molecule has 9 aliphatic rings. The lowest BCUT2D eigenvalue weighted by atomic mass is 9.92. The molecule has 16 N–H and O–H groups in total. The Morgan fingerprint density at radius 3 is 1.62 bits per heavy atom. The summed E-state index contributed by atoms with van der Waals surface area (Å²) in [7, 11) is -4.76. The maximum absolute atomic E-state index is 12.4. The molecule has 0 unspecified atom stereocenters. The van der Waals surface area contributed by atoms with Crippen molar-refractivity contribution in [2.24, 2.45) is 23.3 Å². The summed E-state index contributed by atoms with van der Waals surface area (Å²) in [4.78, 5) is 115. The van der Waals surface area contributed by atoms with Gasteiger partial charge in [0.2, 0.25) is 11.8 Å². The molecule has 40 heteroatoms. The number of alkyl halides is 1. The third kappa shape index (κ3) is 34.1. The van der Waals surface area contributed by atoms with Gasteiger partial charge in [0.15, 0.2) is 0 Å². The Balaban J connectivity index is 0.000000439. The Morgan fingerprint density at radius 2 is 1.18 bits per heavy atom. The molecule has 5 saturated heterocycles. The number of esters is 3. The Kier molecular flexibility index (Phi) is 43.3. The molecule has 9 fully saturated rings. The van der Waals surface area contributed by atoms with Crippen molar-refractivity contribution in [3.63, 3.8) is 0 Å². The summed E-state index contributed by atoms with van der Waals surface area (Å²) in [6.45, 7) is 21.0. The number of urea groups is 2. The van der Waals surface area contributed by atoms with Gasteiger partial charge < -0.3 is 70.2 Å². The summed E-state index contributed by atoms with van der Waals surface area (Å²) in [6, 6.07) is 8.69. The van der Waals surface area contributed by atoms with E-state index in [0.717, 1.165) is 57.2 Å². The first-order chi connectivity index (χ1) is 49.8. The minimum atomic E-state index is -4.76. The van der Waals surface area contributed by atoms with Crippen LogP contribution in [0.1, 0.15) is 196 Å². The first kappa shape index (κ1) is 95.9. The molecular formula is C67H119BrN16O22S. The van der Waals surface area contributed by atoms with Crippen LogP contribution in [-0.4, -0.2) is 248 Å². The predicted octanol–water partition coefficient (Wildman–Crippen LogP) is 4.15. The second-order valence-corrected chi connectivity index (χ2v) is 29.2. The number of hydrogen-bond donors (Lipinski definition) is 10. The number of aliphatic carboxylic acids is 1. The van der Waals surface area contributed by atoms with Crippen molar-refractivity contribution < 1.29 is 104 Å². The Morgan fingerprint density at radius 1 is 0.682 bits per heavy atom. The van der Waals surface area contributed by atoms with Gasteiger partial charge in [0.05, 0.1) is 45.0 Å². The van der Waals surface area contributed by atoms with Gasteiger partial charge in [0, 0.05) is 56.4 Å². The zero-order valence-electron chi connectivity index (χ0n) is 62.4. The molecule has 0 radical (unpaired) electrons. The standard InChI is InChI=1S/C14H16N2O4.C13H23NO4.C12H18N6O6S.C11H21N3O3.C8H15NO2.C4H7BrO2.C4H9N.CH4.H4N2.H2O/c17-13(18)12-7-6-11-8-15(12)14(19)16(11)20-9-10-4-2-1-3-5-10;1-5-17-11(15)9-14(10-7-6-8-10)12(16)18-13(2,3)4;19-12-17-6-8(18(12)24-25(20,21)22)1-2-9(17)11-16-15-10(23-11)5-14-7-3-13-4-7;1-11(2,3)17-10(16)14(7-9(15)13-12)8-5-4-6-8;1-2-11-8(10)6-9-7-4-3-5-7;1-2-7-4(6)3-5;5-4-2-1-3-4;;1-2;/h1-5,11-12H,6-9H2,(H,17,18);10H,5-9H2,1-4H3;7-9,13-14H,1-6H2,(H,20,21,22);8H,4-7,12H2,1-3H3,(H,13,15);7,9H,2-6H2,1H3;2-3H2,1H3;4H,1-3,5H2;1H4;1-2H2;1H2/t11-,12+;;8-,9+;;;;;;;/m1.1......./s1. The number of fused-ring (bicyclic) bond motifs is 4. The molecular weight excluding hydrogens is 1490 g/mol. The average molecular weight is 1610 g/mol. The van der Waals surface area contributed by atoms with Gasteiger partial charge >= 0.3 is 58.5 Å². The number of nitrogens with one attached hydrogen (secondary N) is 4. The topological polar surface area (TPSA) is 535 Å². The smallest absolute Gasteiger partial charge is 0.418 e. The molecule has 612 valence electrons. The second-order valence-electron chi connectivity index (χ2n) is 27.6. The second kappa shape index (κ2) is 48.3. The lowest BCUT2D eigenvalue weighted by Crippen LogP contribution is -2.55. The number of nitrogens with zero attached hydrogens (tertiary/aromatic N) is 8. The first-order valence-electron chi connectivity index (χ1n) is 35.6. The number of nitrogens with two attached hydrogens (primary N) is 4. The van der Waals surface area contributed by atoms with Crippen molar-refractivity contribution in [3.8, 4) is 0 Å². The Bertz CT molecular complexity index is 3140. The number of aromatic nitrogens is 2. The number of ether oxygens (including phenoxy) is 5. The van der Waals surface area contributed by atoms with Crippen LogP contribution in [0.4, 0.5) is 19.2 Å². The van der Waals surface area contributed by atoms with Gasteiger partial charge in [0.25, 0.3) is 5.91 Å². The van der Waals surface area contributed by atoms with Gasteiger partial charge in [-0.3, -0.25) is 55.5 Å². The van der Waals surface area contributed by atoms with Crippen LogP contribution < -0.4 is 44.6 Å². The molecule has 0 spiro atoms. The summed E-state index contributed by atoms with van der Waals surface area (Å²) >= 11 is 2.94. The molecule has 5 aliphatic heterocycles. The van der Waals surface area contributed by atoms with Gasteiger partial charge in [-0.1, -0.05) is 66.5 Å². The van der Waals surface area contributed by atoms with Crippen LogP contribution in [0, 0.1) is 0 Å². The average Bonchev–Trinajstić information content (AvgIpc) is 1.63. The minimum absolute atomic E-state index is 0. The molecule has 7 amide bonds. The van der Waals surface area contributed by atoms with Gasteiger partial charge in [-0.2, -0.15) is 18.5 Å². The number of rotatable bonds is 23. The predicted molar refractivity (Wildman–Crippen MR) is 393 cm³/mol. The van der Waals surface area contributed by atoms with Gasteiger partial charge in [-0.05, 0) is 158 Å². The van der Waals surface area contributed by atoms with Crippen LogP contribution in [0.2, 0.25) is 0 Å². The molecule has 2 aromatic rings. The molecule has 4 saturated carbocycles. The van der Waals surface area contributed by atoms with Gasteiger partial charge in [-0.15, -0.1) is 14.5 Å². The van der Waals surface area contributed by atoms with Crippen molar-refractivity contribution in [2.75, 3.05) is 71.0 Å². The molecule has 4 atom stereocenters. The highest BCUT2D eigenvalue weighted by Gasteiger charge is 2.50. The summed E-state index contributed by atoms with van der Waals surface area (Å²) in [6.07, 6.45) is 14.7. The largest absolute Gasteiger partial charge is 0.480 e. The van der Waals surface area contributed by atoms with Crippen LogP contribution in [0.3, 0.4) is 0 Å². The third-order valence-corrected chi connectivity index (χ3v) is 18.1. The normalized spacial score (nSPS) is 19.8. The van der Waals surface area contributed by atoms with Gasteiger partial charge in [-0.25, -0.2) is 29.8 Å². The van der Waals surface area contributed by atoms with Crippen LogP contribution in [0.25, 0.3) is 0 Å². The van der Waals surface area contributed by atoms with Gasteiger partial charge in [0.1, 0.15) is 48.3 Å². The number of halogens is 1. The van der Waals surface area contributed by atoms with E-state index in [-0.39, 0.29) is 80.5 Å². The van der Waals surface area contributed by atoms with E-state index >= 15 is 0 Å². The third-order valence-electron chi connectivity index (χ3n) is 17.3. The zero-order chi connectivity index (χ0) is 78.0. The van der Waals surface area contributed by atoms with Crippen molar-refractivity contribution in [2.45, 2.75) is 251 Å². The molecule has 11 rings (SSSR count). The van der Waals surface area contributed by atoms with Crippen molar-refractivity contribution in [1.82, 2.24) is 61.3 Å². The molecule has 1 aromatic carbocycles. The fourth-order valence-corrected chi connectivity index (χ4v) is 11.5. The van der Waals surface area contributed by atoms with Crippen LogP contribution in [-0.2, 0) is 80.3 Å². The van der Waals surface area contributed by atoms with Crippen LogP contribution in [0.5, 0.6) is 0 Å². The molecule has 4 aliphatic carbocycles. The van der Waals surface area contributed by atoms with E-state index in [1.54, 1.807) is 34.6 Å². The highest BCUT2D eigenvalue weighted by atomic mass is 79.9. The van der Waals surface area contributed by atoms with E-state index in [1.807, 2.05) is 63.5 Å². The van der Waals surface area contributed by atoms with E-state index in [2.05, 4.69) is 62.8 Å². The zero-order valence-corrected chi connectivity index (χ0v) is 64.8. The van der Waals surface area contributed by atoms with E-state index in [0.29, 0.717) is 112 Å². The number of hydrazine groups is 2. The number of carbonyl (C=O) groups excluding carboxylic acids is 8. The molecule has 107 heavy (non-hydrogen) atoms. The van der Waals surface area contributed by atoms with E-state index in [4.69, 9.17) is 49.4 Å². The molecule has 4 bridgehead atoms. The number of piperidine rings is 2. The Hall–Kier alpha value is -7.22. The fraction of sp³-hybridized carbons (Fsp3) is 0.746. The quantitative estimate of drug-likeness (QED) is 0.0142. The number of benzene rings is 1. The Labute approximate surface area is 635 Å². The van der Waals surface area contributed by atoms with Crippen molar-refractivity contribution >= 4 is 80.4 Å². The van der Waals surface area contributed by atoms with E-state index in [1.165, 1.54) is 63.2 Å². The van der Waals surface area contributed by atoms with E-state index in [9.17, 15) is 51.6 Å². The minimum Gasteiger partial charge on any atom is -0.480 e. The monoisotopic (exact) mass is 1610 g/mol.